The van der Waals surface area contributed by atoms with E-state index in [4.69, 9.17) is 11.2 Å². The van der Waals surface area contributed by atoms with E-state index in [1.54, 1.807) is 11.8 Å². The first-order valence-corrected chi connectivity index (χ1v) is 7.43. The first-order valence-electron chi connectivity index (χ1n) is 6.03. The Bertz CT molecular complexity index is 325. The fourth-order valence-corrected chi connectivity index (χ4v) is 1.60. The van der Waals surface area contributed by atoms with Crippen molar-refractivity contribution in [3.05, 3.63) is 0 Å². The second-order valence-electron chi connectivity index (χ2n) is 4.28. The number of thioether (sulfide) groups is 1. The summed E-state index contributed by atoms with van der Waals surface area (Å²) in [5.41, 5.74) is 0. The van der Waals surface area contributed by atoms with Crippen LogP contribution in [0, 0.1) is 18.3 Å². The Morgan fingerprint density at radius 1 is 1.37 bits per heavy atom. The number of carbonyl (C=O) groups excluding carboxylic acids is 2. The van der Waals surface area contributed by atoms with Gasteiger partial charge in [0.1, 0.15) is 6.04 Å². The van der Waals surface area contributed by atoms with Crippen LogP contribution in [0.15, 0.2) is 0 Å². The van der Waals surface area contributed by atoms with Crippen molar-refractivity contribution in [3.8, 4) is 12.3 Å². The highest BCUT2D eigenvalue weighted by atomic mass is 32.2. The van der Waals surface area contributed by atoms with E-state index in [2.05, 4.69) is 16.0 Å². The molecule has 0 aromatic heterocycles. The molecule has 0 radical (unpaired) electrons. The first-order chi connectivity index (χ1) is 9.01. The molecule has 108 valence electrons. The van der Waals surface area contributed by atoms with Crippen molar-refractivity contribution in [2.75, 3.05) is 25.2 Å². The molecule has 0 aliphatic rings. The fraction of sp³-hybridized carbons (Fsp3) is 0.692. The molecule has 1 atom stereocenters. The lowest BCUT2D eigenvalue weighted by molar-refractivity contribution is -0.147. The number of alkyl carbamates (subject to hydrolysis) is 1. The van der Waals surface area contributed by atoms with E-state index in [0.29, 0.717) is 13.0 Å². The van der Waals surface area contributed by atoms with Gasteiger partial charge in [0.2, 0.25) is 0 Å². The van der Waals surface area contributed by atoms with Crippen LogP contribution in [0.1, 0.15) is 20.3 Å². The number of carbonyl (C=O) groups is 2. The summed E-state index contributed by atoms with van der Waals surface area (Å²) in [5, 5.41) is 2.47. The third kappa shape index (κ3) is 9.25. The van der Waals surface area contributed by atoms with Gasteiger partial charge in [-0.2, -0.15) is 11.8 Å². The number of hydrogen-bond acceptors (Lipinski definition) is 5. The summed E-state index contributed by atoms with van der Waals surface area (Å²) in [6.45, 7) is 4.09. The molecule has 6 heteroatoms. The van der Waals surface area contributed by atoms with Crippen LogP contribution >= 0.6 is 11.8 Å². The molecule has 0 aromatic carbocycles. The molecule has 1 unspecified atom stereocenters. The van der Waals surface area contributed by atoms with Gasteiger partial charge in [-0.15, -0.1) is 6.42 Å². The molecule has 0 aromatic rings. The van der Waals surface area contributed by atoms with Gasteiger partial charge in [-0.25, -0.2) is 9.59 Å². The SMILES string of the molecule is C#CCOC(=O)NC(CCSC)C(=O)OCC(C)C. The van der Waals surface area contributed by atoms with Crippen molar-refractivity contribution in [2.24, 2.45) is 5.92 Å². The second-order valence-corrected chi connectivity index (χ2v) is 5.27. The van der Waals surface area contributed by atoms with E-state index in [9.17, 15) is 9.59 Å². The maximum Gasteiger partial charge on any atom is 0.408 e. The van der Waals surface area contributed by atoms with Gasteiger partial charge in [0.05, 0.1) is 6.61 Å². The summed E-state index contributed by atoms with van der Waals surface area (Å²) in [6, 6.07) is -0.698. The normalized spacial score (nSPS) is 11.5. The number of hydrogen-bond donors (Lipinski definition) is 1. The maximum absolute atomic E-state index is 11.8. The van der Waals surface area contributed by atoms with E-state index in [-0.39, 0.29) is 12.5 Å². The number of nitrogens with one attached hydrogen (secondary N) is 1. The molecule has 0 saturated carbocycles. The van der Waals surface area contributed by atoms with Crippen molar-refractivity contribution in [1.29, 1.82) is 0 Å². The highest BCUT2D eigenvalue weighted by molar-refractivity contribution is 7.98. The lowest BCUT2D eigenvalue weighted by Crippen LogP contribution is -2.42. The van der Waals surface area contributed by atoms with Crippen LogP contribution in [0.2, 0.25) is 0 Å². The largest absolute Gasteiger partial charge is 0.464 e. The van der Waals surface area contributed by atoms with Gasteiger partial charge in [-0.3, -0.25) is 0 Å². The van der Waals surface area contributed by atoms with Gasteiger partial charge >= 0.3 is 12.1 Å². The Morgan fingerprint density at radius 3 is 2.58 bits per heavy atom. The van der Waals surface area contributed by atoms with E-state index < -0.39 is 18.1 Å². The quantitative estimate of drug-likeness (QED) is 0.543. The average molecular weight is 287 g/mol. The van der Waals surface area contributed by atoms with Crippen LogP contribution in [0.25, 0.3) is 0 Å². The molecule has 1 N–H and O–H groups in total. The highest BCUT2D eigenvalue weighted by Crippen LogP contribution is 2.04. The molecule has 0 rings (SSSR count). The van der Waals surface area contributed by atoms with E-state index in [1.807, 2.05) is 20.1 Å². The monoisotopic (exact) mass is 287 g/mol. The topological polar surface area (TPSA) is 64.6 Å². The fourth-order valence-electron chi connectivity index (χ4n) is 1.13. The van der Waals surface area contributed by atoms with Crippen molar-refractivity contribution in [3.63, 3.8) is 0 Å². The van der Waals surface area contributed by atoms with Crippen molar-refractivity contribution < 1.29 is 19.1 Å². The summed E-state index contributed by atoms with van der Waals surface area (Å²) < 4.78 is 9.79. The predicted molar refractivity (Wildman–Crippen MR) is 75.9 cm³/mol. The Kier molecular flexibility index (Phi) is 9.81. The van der Waals surface area contributed by atoms with Crippen LogP contribution in [0.3, 0.4) is 0 Å². The molecule has 0 fully saturated rings. The predicted octanol–water partition coefficient (Wildman–Crippen LogP) is 1.67. The summed E-state index contributed by atoms with van der Waals surface area (Å²) in [4.78, 5) is 23.2. The summed E-state index contributed by atoms with van der Waals surface area (Å²) in [7, 11) is 0. The molecule has 0 aliphatic carbocycles. The minimum Gasteiger partial charge on any atom is -0.464 e. The number of ether oxygens (including phenoxy) is 2. The molecular formula is C13H21NO4S. The van der Waals surface area contributed by atoms with Crippen molar-refractivity contribution >= 4 is 23.8 Å². The molecule has 0 spiro atoms. The Labute approximate surface area is 118 Å². The minimum atomic E-state index is -0.703. The van der Waals surface area contributed by atoms with Gasteiger partial charge in [0.15, 0.2) is 6.61 Å². The van der Waals surface area contributed by atoms with Crippen molar-refractivity contribution in [1.82, 2.24) is 5.32 Å². The number of amides is 1. The Morgan fingerprint density at radius 2 is 2.05 bits per heavy atom. The van der Waals surface area contributed by atoms with E-state index in [1.165, 1.54) is 0 Å². The van der Waals surface area contributed by atoms with Crippen LogP contribution in [-0.4, -0.2) is 43.3 Å². The molecule has 0 heterocycles. The van der Waals surface area contributed by atoms with E-state index in [0.717, 1.165) is 5.75 Å². The van der Waals surface area contributed by atoms with Crippen LogP contribution < -0.4 is 5.32 Å². The summed E-state index contributed by atoms with van der Waals surface area (Å²) in [6.07, 6.45) is 6.69. The summed E-state index contributed by atoms with van der Waals surface area (Å²) >= 11 is 1.58. The standard InChI is InChI=1S/C13H21NO4S/c1-5-7-17-13(16)14-11(6-8-19-4)12(15)18-9-10(2)3/h1,10-11H,6-9H2,2-4H3,(H,14,16). The molecular weight excluding hydrogens is 266 g/mol. The third-order valence-corrected chi connectivity index (χ3v) is 2.68. The number of terminal acetylenes is 1. The molecule has 0 bridgehead atoms. The number of rotatable bonds is 8. The lowest BCUT2D eigenvalue weighted by Gasteiger charge is -2.17. The van der Waals surface area contributed by atoms with Gasteiger partial charge in [0.25, 0.3) is 0 Å². The minimum absolute atomic E-state index is 0.123. The van der Waals surface area contributed by atoms with Gasteiger partial charge in [0, 0.05) is 0 Å². The second kappa shape index (κ2) is 10.6. The smallest absolute Gasteiger partial charge is 0.408 e. The first kappa shape index (κ1) is 17.6. The Balaban J connectivity index is 4.32. The Hall–Kier alpha value is -1.35. The van der Waals surface area contributed by atoms with Crippen molar-refractivity contribution in [2.45, 2.75) is 26.3 Å². The van der Waals surface area contributed by atoms with Gasteiger partial charge in [-0.05, 0) is 24.3 Å². The molecule has 1 amide bonds. The molecule has 0 saturated heterocycles. The van der Waals surface area contributed by atoms with Gasteiger partial charge in [-0.1, -0.05) is 19.8 Å². The summed E-state index contributed by atoms with van der Waals surface area (Å²) in [5.74, 6) is 2.72. The molecule has 19 heavy (non-hydrogen) atoms. The third-order valence-electron chi connectivity index (χ3n) is 2.03. The van der Waals surface area contributed by atoms with Crippen LogP contribution in [0.5, 0.6) is 0 Å². The maximum atomic E-state index is 11.8. The van der Waals surface area contributed by atoms with Crippen LogP contribution in [-0.2, 0) is 14.3 Å². The molecule has 5 nitrogen and oxygen atoms in total. The van der Waals surface area contributed by atoms with Gasteiger partial charge < -0.3 is 14.8 Å². The zero-order valence-corrected chi connectivity index (χ0v) is 12.4. The highest BCUT2D eigenvalue weighted by Gasteiger charge is 2.22. The molecule has 0 aliphatic heterocycles. The van der Waals surface area contributed by atoms with Crippen LogP contribution in [0.4, 0.5) is 4.79 Å². The lowest BCUT2D eigenvalue weighted by atomic mass is 10.2. The average Bonchev–Trinajstić information content (AvgIpc) is 2.38. The zero-order valence-electron chi connectivity index (χ0n) is 11.6. The zero-order chi connectivity index (χ0) is 14.7. The van der Waals surface area contributed by atoms with E-state index >= 15 is 0 Å². The number of esters is 1.